The Morgan fingerprint density at radius 2 is 0.857 bits per heavy atom. The maximum atomic E-state index is 13.3. The van der Waals surface area contributed by atoms with Crippen molar-refractivity contribution in [3.05, 3.63) is 143 Å². The van der Waals surface area contributed by atoms with E-state index in [1.165, 1.54) is 34.4 Å². The van der Waals surface area contributed by atoms with Crippen LogP contribution in [0.25, 0.3) is 45.1 Å². The van der Waals surface area contributed by atoms with Crippen molar-refractivity contribution in [2.24, 2.45) is 0 Å². The van der Waals surface area contributed by atoms with Gasteiger partial charge >= 0.3 is 0 Å². The Morgan fingerprint density at radius 3 is 1.23 bits per heavy atom. The van der Waals surface area contributed by atoms with E-state index in [0.717, 1.165) is 44.8 Å². The zero-order valence-electron chi connectivity index (χ0n) is 32.9. The van der Waals surface area contributed by atoms with Crippen LogP contribution in [-0.4, -0.2) is 39.0 Å². The van der Waals surface area contributed by atoms with Gasteiger partial charge in [0.15, 0.2) is 34.6 Å². The van der Waals surface area contributed by atoms with Crippen molar-refractivity contribution >= 4 is 34.0 Å². The smallest absolute Gasteiger partial charge is 0.166 e. The van der Waals surface area contributed by atoms with E-state index in [9.17, 15) is 4.39 Å². The molecule has 0 saturated heterocycles. The fourth-order valence-electron chi connectivity index (χ4n) is 6.18. The van der Waals surface area contributed by atoms with E-state index in [1.54, 1.807) is 18.5 Å². The van der Waals surface area contributed by atoms with E-state index in [0.29, 0.717) is 30.6 Å². The molecular weight excluding hydrogens is 700 g/mol. The Labute approximate surface area is 327 Å². The number of imidazole rings is 2. The number of aromatic nitrogens is 8. The summed E-state index contributed by atoms with van der Waals surface area (Å²) in [6.45, 7) is 16.0. The Kier molecular flexibility index (Phi) is 11.1. The second-order valence-corrected chi connectivity index (χ2v) is 14.7. The summed E-state index contributed by atoms with van der Waals surface area (Å²) >= 11 is 0. The predicted molar refractivity (Wildman–Crippen MR) is 224 cm³/mol. The monoisotopic (exact) mass is 746 g/mol. The molecule has 0 atom stereocenters. The molecule has 8 aromatic rings. The standard InChI is InChI=1S/C23H25N5.C22H22FN5/c1-15(2)28-14-25-20-22(24-13-18-9-5-16(3)6-10-18)26-21(27-23(20)28)19-11-7-17(4)8-12-19;1-14(2)28-13-25-19-21(24-12-16-6-4-15(3)5-7-16)26-20(27-22(19)28)17-8-10-18(23)11-9-17/h5-12,14-15H,13H2,1-4H3,(H,24,26,27);4-11,13-14H,12H2,1-3H3,(H,24,26,27). The molecule has 56 heavy (non-hydrogen) atoms. The molecule has 4 heterocycles. The highest BCUT2D eigenvalue weighted by atomic mass is 19.1. The molecule has 8 rings (SSSR count). The van der Waals surface area contributed by atoms with Gasteiger partial charge in [-0.3, -0.25) is 0 Å². The van der Waals surface area contributed by atoms with E-state index < -0.39 is 0 Å². The maximum absolute atomic E-state index is 13.3. The number of nitrogens with zero attached hydrogens (tertiary/aromatic N) is 8. The van der Waals surface area contributed by atoms with Crippen molar-refractivity contribution in [1.29, 1.82) is 0 Å². The summed E-state index contributed by atoms with van der Waals surface area (Å²) in [5, 5.41) is 6.87. The summed E-state index contributed by atoms with van der Waals surface area (Å²) in [5.74, 6) is 2.40. The van der Waals surface area contributed by atoms with Crippen LogP contribution in [0, 0.1) is 26.6 Å². The molecular formula is C45H47FN10. The molecule has 0 aliphatic rings. The van der Waals surface area contributed by atoms with Crippen LogP contribution in [0.1, 0.15) is 67.6 Å². The van der Waals surface area contributed by atoms with Crippen molar-refractivity contribution in [1.82, 2.24) is 39.0 Å². The number of fused-ring (bicyclic) bond motifs is 2. The number of halogens is 1. The Balaban J connectivity index is 0.000000172. The number of hydrogen-bond donors (Lipinski definition) is 2. The van der Waals surface area contributed by atoms with Crippen LogP contribution in [0.15, 0.2) is 110 Å². The third kappa shape index (κ3) is 8.57. The molecule has 0 fully saturated rings. The lowest BCUT2D eigenvalue weighted by Gasteiger charge is -2.11. The van der Waals surface area contributed by atoms with Gasteiger partial charge in [-0.15, -0.1) is 0 Å². The molecule has 0 amide bonds. The molecule has 0 unspecified atom stereocenters. The summed E-state index contributed by atoms with van der Waals surface area (Å²) in [4.78, 5) is 28.2. The van der Waals surface area contributed by atoms with Crippen molar-refractivity contribution in [2.45, 2.75) is 73.6 Å². The Hall–Kier alpha value is -6.49. The topological polar surface area (TPSA) is 111 Å². The van der Waals surface area contributed by atoms with Gasteiger partial charge in [0.2, 0.25) is 0 Å². The van der Waals surface area contributed by atoms with Crippen molar-refractivity contribution in [3.8, 4) is 22.8 Å². The first-order valence-electron chi connectivity index (χ1n) is 18.9. The summed E-state index contributed by atoms with van der Waals surface area (Å²) in [7, 11) is 0. The predicted octanol–water partition coefficient (Wildman–Crippen LogP) is 10.4. The lowest BCUT2D eigenvalue weighted by molar-refractivity contribution is 0.612. The van der Waals surface area contributed by atoms with Gasteiger partial charge in [0.05, 0.1) is 12.7 Å². The lowest BCUT2D eigenvalue weighted by atomic mass is 10.1. The minimum absolute atomic E-state index is 0.214. The quantitative estimate of drug-likeness (QED) is 0.142. The molecule has 0 saturated carbocycles. The molecule has 0 aliphatic heterocycles. The fraction of sp³-hybridized carbons (Fsp3) is 0.244. The van der Waals surface area contributed by atoms with Gasteiger partial charge in [-0.1, -0.05) is 89.5 Å². The first-order valence-corrected chi connectivity index (χ1v) is 18.9. The maximum Gasteiger partial charge on any atom is 0.166 e. The molecule has 0 bridgehead atoms. The Bertz CT molecular complexity index is 2370. The number of benzene rings is 4. The number of anilines is 2. The van der Waals surface area contributed by atoms with Gasteiger partial charge in [0.1, 0.15) is 16.9 Å². The average Bonchev–Trinajstić information content (AvgIpc) is 3.84. The zero-order valence-corrected chi connectivity index (χ0v) is 32.9. The Morgan fingerprint density at radius 1 is 0.500 bits per heavy atom. The number of hydrogen-bond acceptors (Lipinski definition) is 8. The van der Waals surface area contributed by atoms with Crippen LogP contribution in [0.4, 0.5) is 16.0 Å². The van der Waals surface area contributed by atoms with E-state index in [1.807, 2.05) is 10.9 Å². The average molecular weight is 747 g/mol. The molecule has 0 radical (unpaired) electrons. The summed E-state index contributed by atoms with van der Waals surface area (Å²) in [6, 6.07) is 31.9. The van der Waals surface area contributed by atoms with Gasteiger partial charge in [0.25, 0.3) is 0 Å². The molecule has 11 heteroatoms. The summed E-state index contributed by atoms with van der Waals surface area (Å²) < 4.78 is 17.4. The highest BCUT2D eigenvalue weighted by molar-refractivity contribution is 5.86. The van der Waals surface area contributed by atoms with E-state index in [4.69, 9.17) is 15.0 Å². The van der Waals surface area contributed by atoms with Crippen molar-refractivity contribution < 1.29 is 4.39 Å². The number of aryl methyl sites for hydroxylation is 3. The highest BCUT2D eigenvalue weighted by Gasteiger charge is 2.17. The second kappa shape index (κ2) is 16.5. The minimum atomic E-state index is -0.283. The fourth-order valence-corrected chi connectivity index (χ4v) is 6.18. The molecule has 2 N–H and O–H groups in total. The molecule has 4 aromatic heterocycles. The van der Waals surface area contributed by atoms with Crippen LogP contribution in [0.5, 0.6) is 0 Å². The molecule has 0 aliphatic carbocycles. The SMILES string of the molecule is Cc1ccc(CNc2nc(-c3ccc(C)cc3)nc3c2ncn3C(C)C)cc1.Cc1ccc(CNc2nc(-c3ccc(F)cc3)nc3c2ncn3C(C)C)cc1. The van der Waals surface area contributed by atoms with Gasteiger partial charge < -0.3 is 19.8 Å². The van der Waals surface area contributed by atoms with Crippen molar-refractivity contribution in [2.75, 3.05) is 10.6 Å². The minimum Gasteiger partial charge on any atom is -0.364 e. The number of rotatable bonds is 10. The van der Waals surface area contributed by atoms with Crippen LogP contribution in [0.3, 0.4) is 0 Å². The van der Waals surface area contributed by atoms with Crippen molar-refractivity contribution in [3.63, 3.8) is 0 Å². The van der Waals surface area contributed by atoms with E-state index in [-0.39, 0.29) is 17.9 Å². The second-order valence-electron chi connectivity index (χ2n) is 14.7. The summed E-state index contributed by atoms with van der Waals surface area (Å²) in [6.07, 6.45) is 3.63. The largest absolute Gasteiger partial charge is 0.364 e. The molecule has 10 nitrogen and oxygen atoms in total. The highest BCUT2D eigenvalue weighted by Crippen LogP contribution is 2.28. The summed E-state index contributed by atoms with van der Waals surface area (Å²) in [5.41, 5.74) is 11.0. The zero-order chi connectivity index (χ0) is 39.3. The third-order valence-electron chi connectivity index (χ3n) is 9.53. The van der Waals surface area contributed by atoms with Gasteiger partial charge in [0, 0.05) is 36.3 Å². The number of nitrogens with one attached hydrogen (secondary N) is 2. The molecule has 0 spiro atoms. The van der Waals surface area contributed by atoms with E-state index >= 15 is 0 Å². The van der Waals surface area contributed by atoms with Gasteiger partial charge in [-0.2, -0.15) is 0 Å². The normalized spacial score (nSPS) is 11.3. The molecule has 4 aromatic carbocycles. The van der Waals surface area contributed by atoms with Gasteiger partial charge in [-0.25, -0.2) is 34.3 Å². The molecule has 284 valence electrons. The van der Waals surface area contributed by atoms with Crippen LogP contribution in [-0.2, 0) is 13.1 Å². The van der Waals surface area contributed by atoms with Crippen LogP contribution in [0.2, 0.25) is 0 Å². The third-order valence-corrected chi connectivity index (χ3v) is 9.53. The van der Waals surface area contributed by atoms with Crippen LogP contribution >= 0.6 is 0 Å². The van der Waals surface area contributed by atoms with Crippen LogP contribution < -0.4 is 10.6 Å². The van der Waals surface area contributed by atoms with E-state index in [2.05, 4.69) is 151 Å². The first kappa shape index (κ1) is 37.8. The first-order chi connectivity index (χ1) is 27.0. The van der Waals surface area contributed by atoms with Gasteiger partial charge in [-0.05, 0) is 83.9 Å². The lowest BCUT2D eigenvalue weighted by Crippen LogP contribution is -2.06.